The first-order valence-corrected chi connectivity index (χ1v) is 8.85. The van der Waals surface area contributed by atoms with Crippen LogP contribution in [0.15, 0.2) is 13.6 Å². The molecule has 0 saturated carbocycles. The molecule has 1 saturated heterocycles. The summed E-state index contributed by atoms with van der Waals surface area (Å²) in [6.07, 6.45) is 4.43. The van der Waals surface area contributed by atoms with Crippen LogP contribution in [0.2, 0.25) is 0 Å². The minimum Gasteiger partial charge on any atom is -0.395 e. The fraction of sp³-hybridized carbons (Fsp3) is 0.615. The first-order chi connectivity index (χ1) is 9.11. The van der Waals surface area contributed by atoms with Crippen molar-refractivity contribution in [2.75, 3.05) is 19.7 Å². The maximum atomic E-state index is 12.4. The minimum absolute atomic E-state index is 0.120. The second kappa shape index (κ2) is 7.31. The van der Waals surface area contributed by atoms with Crippen LogP contribution in [0.3, 0.4) is 0 Å². The molecule has 1 aromatic heterocycles. The summed E-state index contributed by atoms with van der Waals surface area (Å²) < 4.78 is 1.83. The van der Waals surface area contributed by atoms with Gasteiger partial charge in [-0.15, -0.1) is 11.3 Å². The summed E-state index contributed by atoms with van der Waals surface area (Å²) in [5.41, 5.74) is 0.734. The number of thiophene rings is 1. The van der Waals surface area contributed by atoms with Crippen molar-refractivity contribution in [3.05, 3.63) is 19.2 Å². The lowest BCUT2D eigenvalue weighted by Gasteiger charge is -2.27. The largest absolute Gasteiger partial charge is 0.395 e. The lowest BCUT2D eigenvalue weighted by Crippen LogP contribution is -2.40. The summed E-state index contributed by atoms with van der Waals surface area (Å²) in [6, 6.07) is 2.00. The average molecular weight is 411 g/mol. The van der Waals surface area contributed by atoms with Crippen molar-refractivity contribution in [1.29, 1.82) is 0 Å². The molecule has 0 amide bonds. The molecular formula is C13H17Br2NO2S. The number of halogens is 2. The van der Waals surface area contributed by atoms with Gasteiger partial charge in [-0.2, -0.15) is 0 Å². The van der Waals surface area contributed by atoms with E-state index in [1.54, 1.807) is 0 Å². The van der Waals surface area contributed by atoms with Gasteiger partial charge >= 0.3 is 0 Å². The van der Waals surface area contributed by atoms with Gasteiger partial charge in [0.25, 0.3) is 0 Å². The lowest BCUT2D eigenvalue weighted by atomic mass is 10.1. The van der Waals surface area contributed by atoms with Crippen LogP contribution in [0.25, 0.3) is 0 Å². The van der Waals surface area contributed by atoms with Crippen molar-refractivity contribution in [2.24, 2.45) is 0 Å². The van der Waals surface area contributed by atoms with E-state index in [-0.39, 0.29) is 18.4 Å². The van der Waals surface area contributed by atoms with Crippen molar-refractivity contribution in [2.45, 2.75) is 31.7 Å². The number of ketones is 1. The van der Waals surface area contributed by atoms with Crippen LogP contribution < -0.4 is 0 Å². The maximum Gasteiger partial charge on any atom is 0.178 e. The van der Waals surface area contributed by atoms with Gasteiger partial charge in [0.2, 0.25) is 0 Å². The van der Waals surface area contributed by atoms with E-state index < -0.39 is 0 Å². The Labute approximate surface area is 134 Å². The zero-order chi connectivity index (χ0) is 13.8. The van der Waals surface area contributed by atoms with Crippen LogP contribution in [0.1, 0.15) is 36.0 Å². The quantitative estimate of drug-likeness (QED) is 0.769. The fourth-order valence-corrected chi connectivity index (χ4v) is 5.31. The van der Waals surface area contributed by atoms with E-state index in [9.17, 15) is 9.90 Å². The second-order valence-electron chi connectivity index (χ2n) is 4.82. The zero-order valence-electron chi connectivity index (χ0n) is 10.6. The Hall–Kier alpha value is 0.250. The number of hydrogen-bond acceptors (Lipinski definition) is 4. The SMILES string of the molecule is O=C(CN1CCCCCC1CO)c1cc(Br)sc1Br. The monoisotopic (exact) mass is 409 g/mol. The third-order valence-electron chi connectivity index (χ3n) is 3.51. The van der Waals surface area contributed by atoms with Gasteiger partial charge in [0.05, 0.1) is 20.7 Å². The Morgan fingerprint density at radius 1 is 1.42 bits per heavy atom. The van der Waals surface area contributed by atoms with E-state index in [1.165, 1.54) is 17.8 Å². The van der Waals surface area contributed by atoms with Crippen LogP contribution in [0.4, 0.5) is 0 Å². The van der Waals surface area contributed by atoms with Crippen molar-refractivity contribution in [3.8, 4) is 0 Å². The molecule has 0 radical (unpaired) electrons. The summed E-state index contributed by atoms with van der Waals surface area (Å²) in [5.74, 6) is 0.120. The molecular weight excluding hydrogens is 394 g/mol. The van der Waals surface area contributed by atoms with Crippen LogP contribution in [0.5, 0.6) is 0 Å². The van der Waals surface area contributed by atoms with Gasteiger partial charge in [0, 0.05) is 11.6 Å². The highest BCUT2D eigenvalue weighted by Crippen LogP contribution is 2.32. The van der Waals surface area contributed by atoms with Crippen LogP contribution in [-0.4, -0.2) is 41.5 Å². The van der Waals surface area contributed by atoms with Gasteiger partial charge in [-0.1, -0.05) is 12.8 Å². The maximum absolute atomic E-state index is 12.4. The van der Waals surface area contributed by atoms with Gasteiger partial charge < -0.3 is 5.11 Å². The minimum atomic E-state index is 0.120. The Morgan fingerprint density at radius 2 is 2.21 bits per heavy atom. The average Bonchev–Trinajstić information content (AvgIpc) is 2.60. The Morgan fingerprint density at radius 3 is 2.84 bits per heavy atom. The number of likely N-dealkylation sites (tertiary alicyclic amines) is 1. The molecule has 3 nitrogen and oxygen atoms in total. The molecule has 2 rings (SSSR count). The molecule has 0 aromatic carbocycles. The molecule has 1 fully saturated rings. The molecule has 1 atom stereocenters. The molecule has 0 aliphatic carbocycles. The molecule has 1 aromatic rings. The van der Waals surface area contributed by atoms with Gasteiger partial charge in [-0.3, -0.25) is 9.69 Å². The number of hydrogen-bond donors (Lipinski definition) is 1. The van der Waals surface area contributed by atoms with Crippen LogP contribution in [0, 0.1) is 0 Å². The first kappa shape index (κ1) is 15.6. The molecule has 106 valence electrons. The molecule has 1 N–H and O–H groups in total. The molecule has 19 heavy (non-hydrogen) atoms. The molecule has 0 spiro atoms. The van der Waals surface area contributed by atoms with E-state index in [0.717, 1.165) is 38.9 Å². The van der Waals surface area contributed by atoms with Gasteiger partial charge in [0.1, 0.15) is 0 Å². The van der Waals surface area contributed by atoms with Crippen LogP contribution >= 0.6 is 43.2 Å². The standard InChI is InChI=1S/C13H17Br2NO2S/c14-12-6-10(13(15)19-12)11(18)7-16-5-3-1-2-4-9(16)8-17/h6,9,17H,1-5,7-8H2. The number of rotatable bonds is 4. The molecule has 1 unspecified atom stereocenters. The Kier molecular flexibility index (Phi) is 6.02. The molecule has 2 heterocycles. The predicted octanol–water partition coefficient (Wildman–Crippen LogP) is 3.69. The molecule has 1 aliphatic rings. The van der Waals surface area contributed by atoms with E-state index in [0.29, 0.717) is 6.54 Å². The van der Waals surface area contributed by atoms with E-state index in [4.69, 9.17) is 0 Å². The fourth-order valence-electron chi connectivity index (χ4n) is 2.45. The van der Waals surface area contributed by atoms with Crippen molar-refractivity contribution >= 4 is 49.0 Å². The highest BCUT2D eigenvalue weighted by molar-refractivity contribution is 9.12. The summed E-state index contributed by atoms with van der Waals surface area (Å²) in [4.78, 5) is 14.5. The number of aliphatic hydroxyl groups is 1. The van der Waals surface area contributed by atoms with Gasteiger partial charge in [-0.05, 0) is 57.3 Å². The third kappa shape index (κ3) is 4.11. The summed E-state index contributed by atoms with van der Waals surface area (Å²) in [5, 5.41) is 9.46. The smallest absolute Gasteiger partial charge is 0.178 e. The van der Waals surface area contributed by atoms with Crippen molar-refractivity contribution < 1.29 is 9.90 Å². The third-order valence-corrected chi connectivity index (χ3v) is 5.85. The second-order valence-corrected chi connectivity index (χ2v) is 8.57. The normalized spacial score (nSPS) is 21.3. The number of nitrogens with zero attached hydrogens (tertiary/aromatic N) is 1. The number of carbonyl (C=O) groups is 1. The Bertz CT molecular complexity index is 450. The summed E-state index contributed by atoms with van der Waals surface area (Å²) in [7, 11) is 0. The number of Topliss-reactive ketones (excluding diaryl/α,β-unsaturated/α-hetero) is 1. The highest BCUT2D eigenvalue weighted by atomic mass is 79.9. The molecule has 0 bridgehead atoms. The Balaban J connectivity index is 2.06. The van der Waals surface area contributed by atoms with E-state index >= 15 is 0 Å². The van der Waals surface area contributed by atoms with Gasteiger partial charge in [0.15, 0.2) is 5.78 Å². The first-order valence-electron chi connectivity index (χ1n) is 6.44. The number of carbonyl (C=O) groups excluding carboxylic acids is 1. The van der Waals surface area contributed by atoms with Crippen LogP contribution in [-0.2, 0) is 0 Å². The summed E-state index contributed by atoms with van der Waals surface area (Å²) in [6.45, 7) is 1.44. The van der Waals surface area contributed by atoms with E-state index in [2.05, 4.69) is 36.8 Å². The predicted molar refractivity (Wildman–Crippen MR) is 85.0 cm³/mol. The highest BCUT2D eigenvalue weighted by Gasteiger charge is 2.24. The molecule has 6 heteroatoms. The molecule has 1 aliphatic heterocycles. The summed E-state index contributed by atoms with van der Waals surface area (Å²) >= 11 is 8.34. The number of aliphatic hydroxyl groups excluding tert-OH is 1. The van der Waals surface area contributed by atoms with Gasteiger partial charge in [-0.25, -0.2) is 0 Å². The van der Waals surface area contributed by atoms with E-state index in [1.807, 2.05) is 6.07 Å². The van der Waals surface area contributed by atoms with Crippen molar-refractivity contribution in [3.63, 3.8) is 0 Å². The zero-order valence-corrected chi connectivity index (χ0v) is 14.6. The van der Waals surface area contributed by atoms with Crippen molar-refractivity contribution in [1.82, 2.24) is 4.90 Å². The topological polar surface area (TPSA) is 40.5 Å². The lowest BCUT2D eigenvalue weighted by molar-refractivity contribution is 0.0826.